The molecule has 1 saturated heterocycles. The lowest BCUT2D eigenvalue weighted by Crippen LogP contribution is -2.59. The van der Waals surface area contributed by atoms with Crippen LogP contribution in [0.1, 0.15) is 80.6 Å². The summed E-state index contributed by atoms with van der Waals surface area (Å²) in [6.07, 6.45) is 6.28. The number of aliphatic carboxylic acids is 1. The van der Waals surface area contributed by atoms with Crippen molar-refractivity contribution >= 4 is 17.8 Å². The van der Waals surface area contributed by atoms with Crippen LogP contribution in [-0.2, 0) is 14.4 Å². The molecule has 1 heterocycles. The zero-order chi connectivity index (χ0) is 24.6. The maximum atomic E-state index is 13.6. The molecule has 1 fully saturated rings. The minimum Gasteiger partial charge on any atom is -0.478 e. The summed E-state index contributed by atoms with van der Waals surface area (Å²) in [6, 6.07) is -0.898. The number of likely N-dealkylation sites (tertiary alicyclic amines) is 1. The summed E-state index contributed by atoms with van der Waals surface area (Å²) in [5.41, 5.74) is 0.207. The summed E-state index contributed by atoms with van der Waals surface area (Å²) in [5, 5.41) is 12.4. The SMILES string of the molecule is CCC(C)C(NC(=O)C1CCCCN1C(C)CC)C(=O)N(C)[C@H](/C=C(\C)C(=O)O)C(C)C. The topological polar surface area (TPSA) is 90.0 Å². The molecular formula is C25H45N3O4. The highest BCUT2D eigenvalue weighted by Gasteiger charge is 2.36. The molecule has 0 saturated carbocycles. The van der Waals surface area contributed by atoms with Gasteiger partial charge in [-0.2, -0.15) is 0 Å². The summed E-state index contributed by atoms with van der Waals surface area (Å²) in [6.45, 7) is 14.6. The Kier molecular flexibility index (Phi) is 11.4. The maximum Gasteiger partial charge on any atom is 0.331 e. The fourth-order valence-corrected chi connectivity index (χ4v) is 4.38. The van der Waals surface area contributed by atoms with E-state index in [1.165, 1.54) is 6.92 Å². The molecule has 4 unspecified atom stereocenters. The number of nitrogens with zero attached hydrogens (tertiary/aromatic N) is 2. The molecule has 0 aromatic carbocycles. The number of amides is 2. The average Bonchev–Trinajstić information content (AvgIpc) is 2.78. The third kappa shape index (κ3) is 7.32. The van der Waals surface area contributed by atoms with Gasteiger partial charge in [-0.1, -0.05) is 53.5 Å². The average molecular weight is 452 g/mol. The standard InChI is InChI=1S/C25H45N3O4/c1-9-17(5)22(24(30)27(8)21(16(3)4)15-18(6)25(31)32)26-23(29)20-13-11-12-14-28(20)19(7)10-2/h15-17,19-22H,9-14H2,1-8H3,(H,26,29)(H,31,32)/b18-15+/t17?,19?,20?,21-,22?/m1/s1. The number of carboxylic acids is 1. The van der Waals surface area contributed by atoms with Gasteiger partial charge in [0.1, 0.15) is 6.04 Å². The third-order valence-electron chi connectivity index (χ3n) is 7.02. The van der Waals surface area contributed by atoms with E-state index in [1.807, 2.05) is 27.7 Å². The van der Waals surface area contributed by atoms with Gasteiger partial charge in [0, 0.05) is 18.7 Å². The molecule has 184 valence electrons. The van der Waals surface area contributed by atoms with Gasteiger partial charge >= 0.3 is 5.97 Å². The normalized spacial score (nSPS) is 21.5. The fraction of sp³-hybridized carbons (Fsp3) is 0.800. The molecule has 0 aliphatic carbocycles. The molecule has 1 aliphatic heterocycles. The third-order valence-corrected chi connectivity index (χ3v) is 7.02. The van der Waals surface area contributed by atoms with Crippen molar-refractivity contribution in [2.45, 2.75) is 105 Å². The number of carbonyl (C=O) groups is 3. The van der Waals surface area contributed by atoms with Gasteiger partial charge in [0.25, 0.3) is 0 Å². The fourth-order valence-electron chi connectivity index (χ4n) is 4.38. The molecule has 7 nitrogen and oxygen atoms in total. The summed E-state index contributed by atoms with van der Waals surface area (Å²) in [7, 11) is 1.70. The maximum absolute atomic E-state index is 13.6. The first-order valence-electron chi connectivity index (χ1n) is 12.2. The van der Waals surface area contributed by atoms with Gasteiger partial charge in [-0.3, -0.25) is 14.5 Å². The van der Waals surface area contributed by atoms with Crippen LogP contribution >= 0.6 is 0 Å². The van der Waals surface area contributed by atoms with Gasteiger partial charge in [-0.05, 0) is 51.5 Å². The van der Waals surface area contributed by atoms with E-state index in [-0.39, 0.29) is 41.3 Å². The second-order valence-corrected chi connectivity index (χ2v) is 9.72. The molecule has 1 rings (SSSR count). The van der Waals surface area contributed by atoms with Crippen LogP contribution in [0.2, 0.25) is 0 Å². The van der Waals surface area contributed by atoms with E-state index in [4.69, 9.17) is 0 Å². The minimum absolute atomic E-state index is 0.0331. The largest absolute Gasteiger partial charge is 0.478 e. The van der Waals surface area contributed by atoms with Gasteiger partial charge < -0.3 is 15.3 Å². The molecule has 32 heavy (non-hydrogen) atoms. The number of hydrogen-bond donors (Lipinski definition) is 2. The number of rotatable bonds is 11. The first-order valence-corrected chi connectivity index (χ1v) is 12.2. The quantitative estimate of drug-likeness (QED) is 0.468. The summed E-state index contributed by atoms with van der Waals surface area (Å²) >= 11 is 0. The van der Waals surface area contributed by atoms with Crippen molar-refractivity contribution in [3.05, 3.63) is 11.6 Å². The van der Waals surface area contributed by atoms with Crippen molar-refractivity contribution in [2.75, 3.05) is 13.6 Å². The number of piperidine rings is 1. The smallest absolute Gasteiger partial charge is 0.331 e. The highest BCUT2D eigenvalue weighted by atomic mass is 16.4. The van der Waals surface area contributed by atoms with E-state index in [2.05, 4.69) is 24.1 Å². The van der Waals surface area contributed by atoms with E-state index < -0.39 is 12.0 Å². The molecule has 5 atom stereocenters. The van der Waals surface area contributed by atoms with Crippen LogP contribution in [-0.4, -0.2) is 70.4 Å². The van der Waals surface area contributed by atoms with Crippen LogP contribution in [0, 0.1) is 11.8 Å². The first kappa shape index (κ1) is 28.1. The molecule has 0 aromatic rings. The van der Waals surface area contributed by atoms with Crippen LogP contribution < -0.4 is 5.32 Å². The first-order chi connectivity index (χ1) is 15.0. The predicted molar refractivity (Wildman–Crippen MR) is 128 cm³/mol. The molecule has 2 amide bonds. The Labute approximate surface area is 194 Å². The molecule has 0 aromatic heterocycles. The highest BCUT2D eigenvalue weighted by molar-refractivity contribution is 5.90. The summed E-state index contributed by atoms with van der Waals surface area (Å²) in [4.78, 5) is 42.1. The zero-order valence-electron chi connectivity index (χ0n) is 21.4. The number of likely N-dealkylation sites (N-methyl/N-ethyl adjacent to an activating group) is 1. The van der Waals surface area contributed by atoms with E-state index in [9.17, 15) is 19.5 Å². The van der Waals surface area contributed by atoms with Crippen molar-refractivity contribution in [2.24, 2.45) is 11.8 Å². The molecular weight excluding hydrogens is 406 g/mol. The monoisotopic (exact) mass is 451 g/mol. The van der Waals surface area contributed by atoms with Crippen LogP contribution in [0.25, 0.3) is 0 Å². The Morgan fingerprint density at radius 3 is 2.25 bits per heavy atom. The Balaban J connectivity index is 3.13. The van der Waals surface area contributed by atoms with Crippen molar-refractivity contribution in [1.29, 1.82) is 0 Å². The second-order valence-electron chi connectivity index (χ2n) is 9.72. The molecule has 2 N–H and O–H groups in total. The lowest BCUT2D eigenvalue weighted by molar-refractivity contribution is -0.140. The van der Waals surface area contributed by atoms with E-state index in [0.29, 0.717) is 6.04 Å². The van der Waals surface area contributed by atoms with Crippen LogP contribution in [0.3, 0.4) is 0 Å². The number of carboxylic acid groups (broad SMARTS) is 1. The van der Waals surface area contributed by atoms with Gasteiger partial charge in [-0.25, -0.2) is 4.79 Å². The van der Waals surface area contributed by atoms with Crippen molar-refractivity contribution in [3.63, 3.8) is 0 Å². The van der Waals surface area contributed by atoms with E-state index >= 15 is 0 Å². The lowest BCUT2D eigenvalue weighted by atomic mass is 9.93. The number of nitrogens with one attached hydrogen (secondary N) is 1. The highest BCUT2D eigenvalue weighted by Crippen LogP contribution is 2.23. The second kappa shape index (κ2) is 13.0. The van der Waals surface area contributed by atoms with Crippen molar-refractivity contribution < 1.29 is 19.5 Å². The molecule has 1 aliphatic rings. The van der Waals surface area contributed by atoms with Crippen LogP contribution in [0.15, 0.2) is 11.6 Å². The molecule has 7 heteroatoms. The summed E-state index contributed by atoms with van der Waals surface area (Å²) in [5.74, 6) is -1.24. The Morgan fingerprint density at radius 2 is 1.75 bits per heavy atom. The minimum atomic E-state index is -0.995. The van der Waals surface area contributed by atoms with Crippen molar-refractivity contribution in [3.8, 4) is 0 Å². The van der Waals surface area contributed by atoms with E-state index in [1.54, 1.807) is 18.0 Å². The molecule has 0 spiro atoms. The summed E-state index contributed by atoms with van der Waals surface area (Å²) < 4.78 is 0. The van der Waals surface area contributed by atoms with Gasteiger partial charge in [0.2, 0.25) is 11.8 Å². The number of carbonyl (C=O) groups excluding carboxylic acids is 2. The van der Waals surface area contributed by atoms with Gasteiger partial charge in [0.05, 0.1) is 12.1 Å². The van der Waals surface area contributed by atoms with Crippen LogP contribution in [0.4, 0.5) is 0 Å². The Morgan fingerprint density at radius 1 is 1.12 bits per heavy atom. The zero-order valence-corrected chi connectivity index (χ0v) is 21.4. The van der Waals surface area contributed by atoms with Crippen LogP contribution in [0.5, 0.6) is 0 Å². The number of hydrogen-bond acceptors (Lipinski definition) is 4. The lowest BCUT2D eigenvalue weighted by Gasteiger charge is -2.40. The molecule has 0 radical (unpaired) electrons. The van der Waals surface area contributed by atoms with E-state index in [0.717, 1.165) is 38.6 Å². The predicted octanol–water partition coefficient (Wildman–Crippen LogP) is 3.68. The van der Waals surface area contributed by atoms with Gasteiger partial charge in [0.15, 0.2) is 0 Å². The van der Waals surface area contributed by atoms with Gasteiger partial charge in [-0.15, -0.1) is 0 Å². The Bertz CT molecular complexity index is 676. The van der Waals surface area contributed by atoms with Crippen molar-refractivity contribution in [1.82, 2.24) is 15.1 Å². The Hall–Kier alpha value is -1.89. The molecule has 0 bridgehead atoms.